The van der Waals surface area contributed by atoms with Crippen molar-refractivity contribution in [2.45, 2.75) is 45.4 Å². The number of benzene rings is 5. The Morgan fingerprint density at radius 3 is 2.05 bits per heavy atom. The van der Waals surface area contributed by atoms with E-state index in [4.69, 9.17) is 9.31 Å². The maximum absolute atomic E-state index is 6.19. The summed E-state index contributed by atoms with van der Waals surface area (Å²) in [5.41, 5.74) is 3.38. The highest BCUT2D eigenvalue weighted by Gasteiger charge is 2.51. The number of hydrogen-bond donors (Lipinski definition) is 0. The molecule has 0 amide bonds. The summed E-state index contributed by atoms with van der Waals surface area (Å²) < 4.78 is 14.3. The fourth-order valence-corrected chi connectivity index (χ4v) is 5.41. The summed E-state index contributed by atoms with van der Waals surface area (Å²) in [4.78, 5) is 0. The summed E-state index contributed by atoms with van der Waals surface area (Å²) in [5.74, 6) is 0. The van der Waals surface area contributed by atoms with Crippen molar-refractivity contribution in [3.8, 4) is 11.3 Å². The minimum Gasteiger partial charge on any atom is -0.399 e. The molecule has 182 valence electrons. The van der Waals surface area contributed by atoms with Crippen LogP contribution in [0, 0.1) is 0 Å². The van der Waals surface area contributed by atoms with Gasteiger partial charge in [-0.3, -0.25) is 0 Å². The van der Waals surface area contributed by atoms with Crippen molar-refractivity contribution in [1.82, 2.24) is 15.0 Å². The van der Waals surface area contributed by atoms with Crippen LogP contribution in [0.4, 0.5) is 0 Å². The predicted octanol–water partition coefficient (Wildman–Crippen LogP) is 6.19. The highest BCUT2D eigenvalue weighted by Crippen LogP contribution is 2.37. The van der Waals surface area contributed by atoms with Crippen LogP contribution in [0.2, 0.25) is 0 Å². The monoisotopic (exact) mass is 485 g/mol. The summed E-state index contributed by atoms with van der Waals surface area (Å²) >= 11 is 0. The Labute approximate surface area is 216 Å². The van der Waals surface area contributed by atoms with Gasteiger partial charge in [0.1, 0.15) is 5.69 Å². The number of hydrogen-bond acceptors (Lipinski definition) is 4. The molecule has 37 heavy (non-hydrogen) atoms. The van der Waals surface area contributed by atoms with Gasteiger partial charge in [-0.05, 0) is 71.0 Å². The van der Waals surface area contributed by atoms with Gasteiger partial charge in [0.2, 0.25) is 0 Å². The summed E-state index contributed by atoms with van der Waals surface area (Å²) in [7, 11) is -0.371. The maximum atomic E-state index is 6.19. The fraction of sp³-hybridized carbons (Fsp3) is 0.226. The van der Waals surface area contributed by atoms with Gasteiger partial charge in [-0.25, -0.2) is 4.68 Å². The van der Waals surface area contributed by atoms with Crippen LogP contribution in [-0.2, 0) is 15.9 Å². The van der Waals surface area contributed by atoms with Crippen molar-refractivity contribution in [2.24, 2.45) is 0 Å². The molecular weight excluding hydrogens is 457 g/mol. The van der Waals surface area contributed by atoms with Crippen molar-refractivity contribution >= 4 is 44.9 Å². The van der Waals surface area contributed by atoms with E-state index in [9.17, 15) is 0 Å². The fourth-order valence-electron chi connectivity index (χ4n) is 5.41. The molecule has 0 radical (unpaired) electrons. The van der Waals surface area contributed by atoms with E-state index in [-0.39, 0.29) is 18.3 Å². The molecule has 0 bridgehead atoms. The summed E-state index contributed by atoms with van der Waals surface area (Å²) in [5, 5.41) is 16.7. The van der Waals surface area contributed by atoms with E-state index in [1.54, 1.807) is 0 Å². The van der Waals surface area contributed by atoms with Crippen LogP contribution in [0.1, 0.15) is 33.3 Å². The minimum atomic E-state index is -0.371. The first kappa shape index (κ1) is 22.5. The Morgan fingerprint density at radius 2 is 1.35 bits per heavy atom. The molecule has 0 aliphatic carbocycles. The van der Waals surface area contributed by atoms with Gasteiger partial charge in [-0.15, -0.1) is 5.10 Å². The summed E-state index contributed by atoms with van der Waals surface area (Å²) in [6, 6.07) is 28.1. The number of rotatable bonds is 4. The Bertz CT molecular complexity index is 1740. The highest BCUT2D eigenvalue weighted by molar-refractivity contribution is 6.62. The molecule has 0 atom stereocenters. The van der Waals surface area contributed by atoms with E-state index in [1.165, 1.54) is 37.9 Å². The minimum absolute atomic E-state index is 0.357. The first-order valence-electron chi connectivity index (χ1n) is 12.8. The van der Waals surface area contributed by atoms with E-state index in [2.05, 4.69) is 117 Å². The molecule has 0 unspecified atom stereocenters. The van der Waals surface area contributed by atoms with E-state index in [0.717, 1.165) is 16.7 Å². The topological polar surface area (TPSA) is 49.2 Å². The molecule has 7 rings (SSSR count). The second-order valence-corrected chi connectivity index (χ2v) is 11.1. The highest BCUT2D eigenvalue weighted by atomic mass is 16.7. The van der Waals surface area contributed by atoms with Gasteiger partial charge in [0.25, 0.3) is 0 Å². The Morgan fingerprint density at radius 1 is 0.730 bits per heavy atom. The predicted molar refractivity (Wildman–Crippen MR) is 150 cm³/mol. The average molecular weight is 485 g/mol. The van der Waals surface area contributed by atoms with Crippen LogP contribution in [0.3, 0.4) is 0 Å². The second-order valence-electron chi connectivity index (χ2n) is 11.1. The molecule has 5 nitrogen and oxygen atoms in total. The van der Waals surface area contributed by atoms with Gasteiger partial charge >= 0.3 is 7.12 Å². The van der Waals surface area contributed by atoms with Crippen molar-refractivity contribution in [3.63, 3.8) is 0 Å². The van der Waals surface area contributed by atoms with Gasteiger partial charge in [0.05, 0.1) is 23.9 Å². The third-order valence-electron chi connectivity index (χ3n) is 8.22. The van der Waals surface area contributed by atoms with Gasteiger partial charge in [-0.1, -0.05) is 84.1 Å². The molecule has 1 aliphatic rings. The lowest BCUT2D eigenvalue weighted by Gasteiger charge is -2.32. The SMILES string of the molecule is CC1(C)OB(c2ccc(-c3cn(Cc4ccc5ccc6cccc7ccc4c5c67)nn3)cc2)OC1(C)C. The molecule has 0 spiro atoms. The molecular formula is C31H28BN3O2. The van der Waals surface area contributed by atoms with Gasteiger partial charge in [-0.2, -0.15) is 0 Å². The van der Waals surface area contributed by atoms with E-state index in [0.29, 0.717) is 6.54 Å². The zero-order valence-electron chi connectivity index (χ0n) is 21.5. The normalized spacial score (nSPS) is 16.9. The molecule has 2 heterocycles. The quantitative estimate of drug-likeness (QED) is 0.221. The molecule has 1 aromatic heterocycles. The Kier molecular flexibility index (Phi) is 4.78. The van der Waals surface area contributed by atoms with Crippen molar-refractivity contribution in [1.29, 1.82) is 0 Å². The standard InChI is InChI=1S/C31H28BN3O2/c1-30(2)31(3,4)37-32(36-30)25-15-12-20(13-16-25)27-19-35(34-33-27)18-24-11-10-23-9-8-21-6-5-7-22-14-17-26(24)29(23)28(21)22/h5-17,19H,18H2,1-4H3. The average Bonchev–Trinajstić information content (AvgIpc) is 3.44. The van der Waals surface area contributed by atoms with E-state index >= 15 is 0 Å². The van der Waals surface area contributed by atoms with E-state index < -0.39 is 0 Å². The number of aromatic nitrogens is 3. The first-order valence-corrected chi connectivity index (χ1v) is 12.8. The molecule has 1 aliphatic heterocycles. The second kappa shape index (κ2) is 7.88. The van der Waals surface area contributed by atoms with Crippen molar-refractivity contribution in [2.75, 3.05) is 0 Å². The molecule has 0 saturated carbocycles. The first-order chi connectivity index (χ1) is 17.8. The number of nitrogens with zero attached hydrogens (tertiary/aromatic N) is 3. The Hall–Kier alpha value is -3.74. The van der Waals surface area contributed by atoms with Gasteiger partial charge < -0.3 is 9.31 Å². The lowest BCUT2D eigenvalue weighted by Crippen LogP contribution is -2.41. The lowest BCUT2D eigenvalue weighted by atomic mass is 9.79. The molecule has 5 aromatic carbocycles. The third-order valence-corrected chi connectivity index (χ3v) is 8.22. The summed E-state index contributed by atoms with van der Waals surface area (Å²) in [6.45, 7) is 8.94. The summed E-state index contributed by atoms with van der Waals surface area (Å²) in [6.07, 6.45) is 2.02. The van der Waals surface area contributed by atoms with Crippen LogP contribution < -0.4 is 5.46 Å². The lowest BCUT2D eigenvalue weighted by molar-refractivity contribution is 0.00578. The third kappa shape index (κ3) is 3.55. The van der Waals surface area contributed by atoms with Crippen LogP contribution in [0.5, 0.6) is 0 Å². The largest absolute Gasteiger partial charge is 0.494 e. The van der Waals surface area contributed by atoms with Crippen molar-refractivity contribution in [3.05, 3.63) is 90.6 Å². The zero-order valence-corrected chi connectivity index (χ0v) is 21.5. The van der Waals surface area contributed by atoms with Gasteiger partial charge in [0.15, 0.2) is 0 Å². The molecule has 0 N–H and O–H groups in total. The molecule has 1 saturated heterocycles. The van der Waals surface area contributed by atoms with Gasteiger partial charge in [0, 0.05) is 5.56 Å². The molecule has 1 fully saturated rings. The zero-order chi connectivity index (χ0) is 25.4. The molecule has 6 aromatic rings. The van der Waals surface area contributed by atoms with Crippen LogP contribution in [0.25, 0.3) is 43.6 Å². The van der Waals surface area contributed by atoms with E-state index in [1.807, 2.05) is 10.9 Å². The van der Waals surface area contributed by atoms with Crippen LogP contribution in [0.15, 0.2) is 85.1 Å². The Balaban J connectivity index is 1.17. The van der Waals surface area contributed by atoms with Crippen LogP contribution in [-0.4, -0.2) is 33.3 Å². The van der Waals surface area contributed by atoms with Crippen LogP contribution >= 0.6 is 0 Å². The maximum Gasteiger partial charge on any atom is 0.494 e. The smallest absolute Gasteiger partial charge is 0.399 e. The molecule has 6 heteroatoms. The van der Waals surface area contributed by atoms with Crippen molar-refractivity contribution < 1.29 is 9.31 Å².